The van der Waals surface area contributed by atoms with Crippen LogP contribution < -0.4 is 10.6 Å². The predicted molar refractivity (Wildman–Crippen MR) is 139 cm³/mol. The van der Waals surface area contributed by atoms with Gasteiger partial charge < -0.3 is 10.6 Å². The maximum Gasteiger partial charge on any atom is 0.211 e. The molecule has 0 aromatic heterocycles. The molecule has 1 aliphatic rings. The molecule has 2 atom stereocenters. The summed E-state index contributed by atoms with van der Waals surface area (Å²) in [6, 6.07) is 21.1. The molecule has 3 rings (SSSR count). The Labute approximate surface area is 203 Å². The minimum atomic E-state index is -3.10. The number of hydrogen-bond donors (Lipinski definition) is 2. The zero-order valence-electron chi connectivity index (χ0n) is 18.2. The Morgan fingerprint density at radius 2 is 1.74 bits per heavy atom. The smallest absolute Gasteiger partial charge is 0.211 e. The number of halogens is 1. The zero-order valence-corrected chi connectivity index (χ0v) is 21.3. The molecule has 2 unspecified atom stereocenters. The molecule has 6 nitrogen and oxygen atoms in total. The van der Waals surface area contributed by atoms with Gasteiger partial charge in [0.25, 0.3) is 0 Å². The maximum atomic E-state index is 11.7. The van der Waals surface area contributed by atoms with E-state index in [1.807, 2.05) is 12.1 Å². The molecular weight excluding hydrogens is 523 g/mol. The van der Waals surface area contributed by atoms with Gasteiger partial charge in [0.2, 0.25) is 10.0 Å². The minimum absolute atomic E-state index is 0. The second kappa shape index (κ2) is 12.4. The number of rotatable bonds is 8. The number of guanidine groups is 1. The van der Waals surface area contributed by atoms with Crippen molar-refractivity contribution in [3.63, 3.8) is 0 Å². The SMILES string of the molecule is CN=C(NCC1CCN(S(C)(=O)=O)C1)NCC(Cc1ccccc1)c1ccccc1.I. The monoisotopic (exact) mass is 556 g/mol. The van der Waals surface area contributed by atoms with Crippen LogP contribution in [0.1, 0.15) is 23.5 Å². The Hall–Kier alpha value is -1.65. The topological polar surface area (TPSA) is 73.8 Å². The molecular formula is C23H33IN4O2S. The van der Waals surface area contributed by atoms with Gasteiger partial charge in [-0.05, 0) is 29.9 Å². The van der Waals surface area contributed by atoms with E-state index in [2.05, 4.69) is 64.2 Å². The summed E-state index contributed by atoms with van der Waals surface area (Å²) in [5.74, 6) is 1.37. The van der Waals surface area contributed by atoms with Crippen molar-refractivity contribution in [1.29, 1.82) is 0 Å². The summed E-state index contributed by atoms with van der Waals surface area (Å²) in [5.41, 5.74) is 2.60. The van der Waals surface area contributed by atoms with Crippen molar-refractivity contribution in [2.45, 2.75) is 18.8 Å². The van der Waals surface area contributed by atoms with Crippen LogP contribution in [0, 0.1) is 5.92 Å². The zero-order chi connectivity index (χ0) is 21.4. The Balaban J connectivity index is 0.00000341. The lowest BCUT2D eigenvalue weighted by atomic mass is 9.92. The Morgan fingerprint density at radius 3 is 2.32 bits per heavy atom. The van der Waals surface area contributed by atoms with Gasteiger partial charge in [-0.1, -0.05) is 60.7 Å². The molecule has 0 amide bonds. The van der Waals surface area contributed by atoms with Gasteiger partial charge in [-0.15, -0.1) is 24.0 Å². The van der Waals surface area contributed by atoms with E-state index in [1.54, 1.807) is 11.4 Å². The summed E-state index contributed by atoms with van der Waals surface area (Å²) < 4.78 is 25.0. The Bertz CT molecular complexity index is 923. The standard InChI is InChI=1S/C23H32N4O2S.HI/c1-24-23(25-16-20-13-14-27(18-20)30(2,28)29)26-17-22(21-11-7-4-8-12-21)15-19-9-5-3-6-10-19;/h3-12,20,22H,13-18H2,1-2H3,(H2,24,25,26);1H. The molecule has 170 valence electrons. The van der Waals surface area contributed by atoms with Crippen LogP contribution in [-0.4, -0.2) is 58.2 Å². The van der Waals surface area contributed by atoms with E-state index in [-0.39, 0.29) is 24.0 Å². The minimum Gasteiger partial charge on any atom is -0.356 e. The molecule has 0 spiro atoms. The van der Waals surface area contributed by atoms with Crippen LogP contribution in [0.15, 0.2) is 65.7 Å². The number of hydrogen-bond acceptors (Lipinski definition) is 3. The van der Waals surface area contributed by atoms with Crippen LogP contribution in [0.5, 0.6) is 0 Å². The van der Waals surface area contributed by atoms with Gasteiger partial charge in [0.05, 0.1) is 6.26 Å². The van der Waals surface area contributed by atoms with E-state index in [9.17, 15) is 8.42 Å². The third-order valence-electron chi connectivity index (χ3n) is 5.61. The van der Waals surface area contributed by atoms with Crippen molar-refractivity contribution < 1.29 is 8.42 Å². The first-order valence-electron chi connectivity index (χ1n) is 10.4. The summed E-state index contributed by atoms with van der Waals surface area (Å²) in [6.07, 6.45) is 3.10. The summed E-state index contributed by atoms with van der Waals surface area (Å²) in [6.45, 7) is 2.65. The first kappa shape index (κ1) is 25.6. The highest BCUT2D eigenvalue weighted by molar-refractivity contribution is 14.0. The molecule has 1 aliphatic heterocycles. The number of benzene rings is 2. The molecule has 2 aromatic carbocycles. The van der Waals surface area contributed by atoms with E-state index in [0.29, 0.717) is 31.5 Å². The first-order valence-corrected chi connectivity index (χ1v) is 12.3. The molecule has 0 radical (unpaired) electrons. The van der Waals surface area contributed by atoms with E-state index in [0.717, 1.165) is 25.3 Å². The fourth-order valence-electron chi connectivity index (χ4n) is 3.88. The van der Waals surface area contributed by atoms with Gasteiger partial charge in [-0.3, -0.25) is 4.99 Å². The fourth-order valence-corrected chi connectivity index (χ4v) is 4.80. The van der Waals surface area contributed by atoms with E-state index in [4.69, 9.17) is 0 Å². The highest BCUT2D eigenvalue weighted by Crippen LogP contribution is 2.20. The van der Waals surface area contributed by atoms with Crippen LogP contribution in [0.2, 0.25) is 0 Å². The van der Waals surface area contributed by atoms with E-state index < -0.39 is 10.0 Å². The third kappa shape index (κ3) is 8.08. The second-order valence-corrected chi connectivity index (χ2v) is 9.89. The second-order valence-electron chi connectivity index (χ2n) is 7.91. The van der Waals surface area contributed by atoms with Crippen LogP contribution in [0.25, 0.3) is 0 Å². The summed E-state index contributed by atoms with van der Waals surface area (Å²) >= 11 is 0. The van der Waals surface area contributed by atoms with Crippen molar-refractivity contribution in [2.75, 3.05) is 39.5 Å². The molecule has 31 heavy (non-hydrogen) atoms. The van der Waals surface area contributed by atoms with Crippen LogP contribution in [0.3, 0.4) is 0 Å². The van der Waals surface area contributed by atoms with Gasteiger partial charge in [-0.25, -0.2) is 12.7 Å². The highest BCUT2D eigenvalue weighted by atomic mass is 127. The van der Waals surface area contributed by atoms with Crippen LogP contribution in [0.4, 0.5) is 0 Å². The maximum absolute atomic E-state index is 11.7. The third-order valence-corrected chi connectivity index (χ3v) is 6.88. The van der Waals surface area contributed by atoms with Crippen molar-refractivity contribution in [3.05, 3.63) is 71.8 Å². The lowest BCUT2D eigenvalue weighted by Gasteiger charge is -2.21. The van der Waals surface area contributed by atoms with Crippen molar-refractivity contribution >= 4 is 40.0 Å². The van der Waals surface area contributed by atoms with Gasteiger partial charge >= 0.3 is 0 Å². The predicted octanol–water partition coefficient (Wildman–Crippen LogP) is 3.08. The first-order chi connectivity index (χ1) is 14.5. The normalized spacial score (nSPS) is 18.3. The molecule has 0 aliphatic carbocycles. The van der Waals surface area contributed by atoms with Crippen molar-refractivity contribution in [3.8, 4) is 0 Å². The molecule has 2 aromatic rings. The van der Waals surface area contributed by atoms with E-state index >= 15 is 0 Å². The largest absolute Gasteiger partial charge is 0.356 e. The molecule has 2 N–H and O–H groups in total. The fraction of sp³-hybridized carbons (Fsp3) is 0.435. The van der Waals surface area contributed by atoms with E-state index in [1.165, 1.54) is 17.4 Å². The van der Waals surface area contributed by atoms with Gasteiger partial charge in [0, 0.05) is 39.1 Å². The number of nitrogens with zero attached hydrogens (tertiary/aromatic N) is 2. The lowest BCUT2D eigenvalue weighted by Crippen LogP contribution is -2.42. The highest BCUT2D eigenvalue weighted by Gasteiger charge is 2.28. The molecule has 1 saturated heterocycles. The summed E-state index contributed by atoms with van der Waals surface area (Å²) in [7, 11) is -1.34. The number of aliphatic imine (C=N–C) groups is 1. The molecule has 0 saturated carbocycles. The average Bonchev–Trinajstić information content (AvgIpc) is 3.24. The van der Waals surface area contributed by atoms with Crippen molar-refractivity contribution in [1.82, 2.24) is 14.9 Å². The Morgan fingerprint density at radius 1 is 1.10 bits per heavy atom. The van der Waals surface area contributed by atoms with Gasteiger partial charge in [0.15, 0.2) is 5.96 Å². The number of nitrogens with one attached hydrogen (secondary N) is 2. The molecule has 1 fully saturated rings. The van der Waals surface area contributed by atoms with Crippen molar-refractivity contribution in [2.24, 2.45) is 10.9 Å². The molecule has 8 heteroatoms. The summed E-state index contributed by atoms with van der Waals surface area (Å²) in [4.78, 5) is 4.35. The average molecular weight is 557 g/mol. The van der Waals surface area contributed by atoms with Gasteiger partial charge in [-0.2, -0.15) is 0 Å². The van der Waals surface area contributed by atoms with Gasteiger partial charge in [0.1, 0.15) is 0 Å². The number of sulfonamides is 1. The quantitative estimate of drug-likeness (QED) is 0.298. The Kier molecular flexibility index (Phi) is 10.2. The molecule has 1 heterocycles. The summed E-state index contributed by atoms with van der Waals surface area (Å²) in [5, 5.41) is 6.83. The van der Waals surface area contributed by atoms with Crippen LogP contribution in [-0.2, 0) is 16.4 Å². The lowest BCUT2D eigenvalue weighted by molar-refractivity contribution is 0.458. The molecule has 0 bridgehead atoms. The van der Waals surface area contributed by atoms with Crippen LogP contribution >= 0.6 is 24.0 Å².